The van der Waals surface area contributed by atoms with Gasteiger partial charge in [-0.15, -0.1) is 0 Å². The second kappa shape index (κ2) is 13.3. The van der Waals surface area contributed by atoms with Crippen molar-refractivity contribution in [3.63, 3.8) is 0 Å². The summed E-state index contributed by atoms with van der Waals surface area (Å²) in [6.45, 7) is 21.3. The number of nitrogens with two attached hydrogens (primary N) is 1. The van der Waals surface area contributed by atoms with Gasteiger partial charge in [0.25, 0.3) is 8.32 Å². The average Bonchev–Trinajstić information content (AvgIpc) is 3.23. The molecule has 1 fully saturated rings. The maximum atomic E-state index is 17.1. The highest BCUT2D eigenvalue weighted by Gasteiger charge is 2.61. The summed E-state index contributed by atoms with van der Waals surface area (Å²) in [5.41, 5.74) is 3.75. The van der Waals surface area contributed by atoms with Crippen LogP contribution in [-0.2, 0) is 13.6 Å². The fourth-order valence-corrected chi connectivity index (χ4v) is 11.8. The van der Waals surface area contributed by atoms with Crippen molar-refractivity contribution in [3.8, 4) is 0 Å². The van der Waals surface area contributed by atoms with Gasteiger partial charge in [-0.3, -0.25) is 4.57 Å². The number of nitrogen functional groups attached to an aromatic ring is 1. The minimum absolute atomic E-state index is 0.0108. The van der Waals surface area contributed by atoms with Crippen LogP contribution < -0.4 is 21.8 Å². The third kappa shape index (κ3) is 7.01. The Balaban J connectivity index is 1.95. The Morgan fingerprint density at radius 2 is 1.52 bits per heavy atom. The van der Waals surface area contributed by atoms with E-state index in [4.69, 9.17) is 19.3 Å². The standard InChI is InChI=1S/C36H52FN3O4Si2/c1-26(2)21-23-36(25-42-46(35(6,7)8,27-17-13-11-14-18-27)28-19-15-12-16-20-28)31(44-45(9,10)34(3,4)5)30(37)32(43-36)40-24-22-29(38)39-33(40)41/h11-24,26,30-32H,25H2,1-10H3,(H2,38,39,41)/b23-21+/t30-,31+,32-,36-/m1/s1. The Labute approximate surface area is 276 Å². The van der Waals surface area contributed by atoms with E-state index in [1.54, 1.807) is 0 Å². The van der Waals surface area contributed by atoms with Gasteiger partial charge in [-0.1, -0.05) is 128 Å². The van der Waals surface area contributed by atoms with Crippen molar-refractivity contribution in [2.75, 3.05) is 12.3 Å². The molecule has 1 saturated heterocycles. The monoisotopic (exact) mass is 665 g/mol. The predicted molar refractivity (Wildman–Crippen MR) is 190 cm³/mol. The van der Waals surface area contributed by atoms with Crippen LogP contribution in [0, 0.1) is 5.92 Å². The van der Waals surface area contributed by atoms with Crippen LogP contribution in [0.15, 0.2) is 89.9 Å². The van der Waals surface area contributed by atoms with Crippen LogP contribution in [0.3, 0.4) is 0 Å². The highest BCUT2D eigenvalue weighted by molar-refractivity contribution is 6.99. The maximum absolute atomic E-state index is 17.1. The number of hydrogen-bond donors (Lipinski definition) is 1. The first kappa shape index (κ1) is 35.9. The first-order chi connectivity index (χ1) is 21.3. The van der Waals surface area contributed by atoms with Crippen LogP contribution in [0.2, 0.25) is 23.2 Å². The zero-order valence-corrected chi connectivity index (χ0v) is 31.1. The van der Waals surface area contributed by atoms with Gasteiger partial charge in [-0.05, 0) is 45.5 Å². The molecular weight excluding hydrogens is 614 g/mol. The molecule has 0 amide bonds. The smallest absolute Gasteiger partial charge is 0.351 e. The number of ether oxygens (including phenoxy) is 1. The van der Waals surface area contributed by atoms with Gasteiger partial charge in [-0.2, -0.15) is 4.98 Å². The van der Waals surface area contributed by atoms with E-state index >= 15 is 4.39 Å². The molecule has 250 valence electrons. The number of halogens is 1. The van der Waals surface area contributed by atoms with Crippen molar-refractivity contribution in [1.29, 1.82) is 0 Å². The molecule has 0 unspecified atom stereocenters. The minimum atomic E-state index is -3.06. The molecule has 2 aromatic carbocycles. The van der Waals surface area contributed by atoms with Gasteiger partial charge in [0.05, 0.1) is 6.61 Å². The lowest BCUT2D eigenvalue weighted by Gasteiger charge is -2.46. The number of aromatic nitrogens is 2. The van der Waals surface area contributed by atoms with Crippen LogP contribution >= 0.6 is 0 Å². The Morgan fingerprint density at radius 1 is 0.978 bits per heavy atom. The largest absolute Gasteiger partial charge is 0.407 e. The molecule has 46 heavy (non-hydrogen) atoms. The van der Waals surface area contributed by atoms with E-state index in [9.17, 15) is 4.79 Å². The number of hydrogen-bond acceptors (Lipinski definition) is 6. The lowest BCUT2D eigenvalue weighted by Crippen LogP contribution is -2.68. The van der Waals surface area contributed by atoms with E-state index in [0.717, 1.165) is 10.4 Å². The SMILES string of the molecule is CC(C)/C=C/[C@]1(CO[Si](c2ccccc2)(c2ccccc2)C(C)(C)C)O[C@@H](n2ccc(N)nc2=O)[C@H](F)[C@@H]1O[Si](C)(C)C(C)(C)C. The van der Waals surface area contributed by atoms with Crippen molar-refractivity contribution in [2.24, 2.45) is 5.92 Å². The Kier molecular flexibility index (Phi) is 10.4. The molecule has 7 nitrogen and oxygen atoms in total. The molecule has 0 saturated carbocycles. The third-order valence-corrected chi connectivity index (χ3v) is 18.9. The fourth-order valence-electron chi connectivity index (χ4n) is 5.90. The van der Waals surface area contributed by atoms with E-state index in [0.29, 0.717) is 0 Å². The number of allylic oxidation sites excluding steroid dienone is 1. The average molecular weight is 666 g/mol. The lowest BCUT2D eigenvalue weighted by molar-refractivity contribution is -0.0932. The fraction of sp³-hybridized carbons (Fsp3) is 0.500. The van der Waals surface area contributed by atoms with Gasteiger partial charge >= 0.3 is 5.69 Å². The molecule has 1 aromatic heterocycles. The quantitative estimate of drug-likeness (QED) is 0.194. The summed E-state index contributed by atoms with van der Waals surface area (Å²) < 4.78 is 39.5. The Hall–Kier alpha value is -2.90. The summed E-state index contributed by atoms with van der Waals surface area (Å²) in [4.78, 5) is 16.9. The van der Waals surface area contributed by atoms with Crippen LogP contribution in [0.25, 0.3) is 0 Å². The first-order valence-corrected chi connectivity index (χ1v) is 20.9. The Bertz CT molecular complexity index is 1510. The van der Waals surface area contributed by atoms with Crippen molar-refractivity contribution >= 4 is 32.8 Å². The minimum Gasteiger partial charge on any atom is -0.407 e. The van der Waals surface area contributed by atoms with E-state index < -0.39 is 46.4 Å². The molecule has 0 aliphatic carbocycles. The third-order valence-electron chi connectivity index (χ3n) is 9.43. The first-order valence-electron chi connectivity index (χ1n) is 16.1. The topological polar surface area (TPSA) is 88.6 Å². The van der Waals surface area contributed by atoms with Gasteiger partial charge in [0.1, 0.15) is 17.5 Å². The number of alkyl halides is 1. The van der Waals surface area contributed by atoms with E-state index in [-0.39, 0.29) is 28.4 Å². The highest BCUT2D eigenvalue weighted by atomic mass is 28.4. The Morgan fingerprint density at radius 3 is 1.98 bits per heavy atom. The molecule has 0 radical (unpaired) electrons. The van der Waals surface area contributed by atoms with Gasteiger partial charge in [0.2, 0.25) is 0 Å². The molecule has 10 heteroatoms. The van der Waals surface area contributed by atoms with E-state index in [1.807, 2.05) is 48.6 Å². The molecule has 3 aromatic rings. The normalized spacial score (nSPS) is 23.0. The second-order valence-electron chi connectivity index (χ2n) is 15.3. The van der Waals surface area contributed by atoms with Crippen LogP contribution in [0.4, 0.5) is 10.2 Å². The van der Waals surface area contributed by atoms with Gasteiger partial charge < -0.3 is 19.3 Å². The van der Waals surface area contributed by atoms with E-state index in [2.05, 4.69) is 97.7 Å². The van der Waals surface area contributed by atoms with E-state index in [1.165, 1.54) is 16.8 Å². The summed E-state index contributed by atoms with van der Waals surface area (Å²) in [5.74, 6) is 0.199. The predicted octanol–water partition coefficient (Wildman–Crippen LogP) is 6.61. The number of nitrogens with zero attached hydrogens (tertiary/aromatic N) is 2. The highest BCUT2D eigenvalue weighted by Crippen LogP contribution is 2.48. The van der Waals surface area contributed by atoms with Gasteiger partial charge in [0, 0.05) is 6.20 Å². The van der Waals surface area contributed by atoms with Gasteiger partial charge in [0.15, 0.2) is 20.7 Å². The summed E-state index contributed by atoms with van der Waals surface area (Å²) in [5, 5.41) is 1.67. The zero-order chi connectivity index (χ0) is 34.1. The lowest BCUT2D eigenvalue weighted by atomic mass is 9.94. The molecule has 1 aliphatic rings. The molecule has 0 bridgehead atoms. The molecule has 2 N–H and O–H groups in total. The molecular formula is C36H52FN3O4Si2. The van der Waals surface area contributed by atoms with Crippen molar-refractivity contribution in [2.45, 2.75) is 103 Å². The maximum Gasteiger partial charge on any atom is 0.351 e. The van der Waals surface area contributed by atoms with Crippen molar-refractivity contribution in [1.82, 2.24) is 9.55 Å². The molecule has 0 spiro atoms. The van der Waals surface area contributed by atoms with Crippen LogP contribution in [-0.4, -0.2) is 50.7 Å². The number of benzene rings is 2. The van der Waals surface area contributed by atoms with Crippen molar-refractivity contribution < 1.29 is 18.0 Å². The summed E-state index contributed by atoms with van der Waals surface area (Å²) >= 11 is 0. The molecule has 4 rings (SSSR count). The van der Waals surface area contributed by atoms with Crippen LogP contribution in [0.1, 0.15) is 61.6 Å². The number of rotatable bonds is 10. The summed E-state index contributed by atoms with van der Waals surface area (Å²) in [7, 11) is -5.63. The second-order valence-corrected chi connectivity index (χ2v) is 24.4. The van der Waals surface area contributed by atoms with Crippen molar-refractivity contribution in [3.05, 3.63) is 95.6 Å². The van der Waals surface area contributed by atoms with Crippen LogP contribution in [0.5, 0.6) is 0 Å². The summed E-state index contributed by atoms with van der Waals surface area (Å²) in [6.07, 6.45) is 1.31. The number of anilines is 1. The zero-order valence-electron chi connectivity index (χ0n) is 29.1. The summed E-state index contributed by atoms with van der Waals surface area (Å²) in [6, 6.07) is 22.1. The molecule has 2 heterocycles. The molecule has 4 atom stereocenters. The van der Waals surface area contributed by atoms with Gasteiger partial charge in [-0.25, -0.2) is 9.18 Å². The molecule has 1 aliphatic heterocycles.